The quantitative estimate of drug-likeness (QED) is 0.824. The van der Waals surface area contributed by atoms with Crippen molar-refractivity contribution >= 4 is 40.2 Å². The average Bonchev–Trinajstić information content (AvgIpc) is 3.02. The van der Waals surface area contributed by atoms with Crippen LogP contribution in [0.5, 0.6) is 0 Å². The van der Waals surface area contributed by atoms with Crippen LogP contribution in [0.1, 0.15) is 27.9 Å². The van der Waals surface area contributed by atoms with E-state index in [9.17, 15) is 9.59 Å². The third kappa shape index (κ3) is 3.96. The van der Waals surface area contributed by atoms with Crippen molar-refractivity contribution < 1.29 is 14.3 Å². The average molecular weight is 377 g/mol. The van der Waals surface area contributed by atoms with Gasteiger partial charge in [0.2, 0.25) is 0 Å². The second-order valence-corrected chi connectivity index (χ2v) is 7.34. The van der Waals surface area contributed by atoms with Crippen LogP contribution in [0, 0.1) is 0 Å². The fourth-order valence-electron chi connectivity index (χ4n) is 2.67. The van der Waals surface area contributed by atoms with Crippen LogP contribution < -0.4 is 5.32 Å². The van der Waals surface area contributed by atoms with Crippen LogP contribution in [0.15, 0.2) is 29.2 Å². The number of nitrogens with zero attached hydrogens (tertiary/aromatic N) is 2. The standard InChI is InChI=1S/C17H19N3O3S2/c1-3-23-17(22)19-16-18-12-8-9-20(10-14(12)25-16)15(21)11-6-4-5-7-13(11)24-2/h4-7H,3,8-10H2,1-2H3,(H,18,19,22). The highest BCUT2D eigenvalue weighted by atomic mass is 32.2. The van der Waals surface area contributed by atoms with Crippen LogP contribution in [0.25, 0.3) is 0 Å². The van der Waals surface area contributed by atoms with Crippen molar-refractivity contribution in [2.45, 2.75) is 24.8 Å². The number of carbonyl (C=O) groups excluding carboxylic acids is 2. The molecule has 0 aliphatic carbocycles. The van der Waals surface area contributed by atoms with E-state index in [4.69, 9.17) is 4.74 Å². The Hall–Kier alpha value is -2.06. The summed E-state index contributed by atoms with van der Waals surface area (Å²) in [6.45, 7) is 3.20. The third-order valence-electron chi connectivity index (χ3n) is 3.84. The Morgan fingerprint density at radius 1 is 1.40 bits per heavy atom. The first-order chi connectivity index (χ1) is 12.1. The number of carbonyl (C=O) groups is 2. The van der Waals surface area contributed by atoms with Crippen LogP contribution in [-0.2, 0) is 17.7 Å². The predicted octanol–water partition coefficient (Wildman–Crippen LogP) is 3.63. The van der Waals surface area contributed by atoms with Gasteiger partial charge in [0.1, 0.15) is 0 Å². The van der Waals surface area contributed by atoms with Gasteiger partial charge in [-0.3, -0.25) is 10.1 Å². The molecular formula is C17H19N3O3S2. The third-order valence-corrected chi connectivity index (χ3v) is 5.63. The number of amides is 2. The van der Waals surface area contributed by atoms with E-state index >= 15 is 0 Å². The minimum absolute atomic E-state index is 0.0314. The normalized spacial score (nSPS) is 13.3. The summed E-state index contributed by atoms with van der Waals surface area (Å²) in [5.74, 6) is 0.0314. The lowest BCUT2D eigenvalue weighted by atomic mass is 10.1. The molecule has 2 amide bonds. The molecule has 3 rings (SSSR count). The van der Waals surface area contributed by atoms with Crippen LogP contribution in [0.4, 0.5) is 9.93 Å². The van der Waals surface area contributed by atoms with Gasteiger partial charge in [-0.15, -0.1) is 11.8 Å². The van der Waals surface area contributed by atoms with Gasteiger partial charge in [0.15, 0.2) is 5.13 Å². The molecule has 0 fully saturated rings. The highest BCUT2D eigenvalue weighted by Gasteiger charge is 2.26. The lowest BCUT2D eigenvalue weighted by Gasteiger charge is -2.26. The van der Waals surface area contributed by atoms with E-state index in [0.717, 1.165) is 21.0 Å². The van der Waals surface area contributed by atoms with Crippen molar-refractivity contribution in [1.29, 1.82) is 0 Å². The summed E-state index contributed by atoms with van der Waals surface area (Å²) in [4.78, 5) is 32.6. The van der Waals surface area contributed by atoms with Gasteiger partial charge >= 0.3 is 6.09 Å². The van der Waals surface area contributed by atoms with Gasteiger partial charge in [-0.25, -0.2) is 9.78 Å². The number of hydrogen-bond acceptors (Lipinski definition) is 6. The van der Waals surface area contributed by atoms with Crippen LogP contribution in [0.2, 0.25) is 0 Å². The number of fused-ring (bicyclic) bond motifs is 1. The highest BCUT2D eigenvalue weighted by Crippen LogP contribution is 2.30. The lowest BCUT2D eigenvalue weighted by molar-refractivity contribution is 0.0732. The fourth-order valence-corrected chi connectivity index (χ4v) is 4.27. The molecule has 1 aliphatic heterocycles. The number of hydrogen-bond donors (Lipinski definition) is 1. The summed E-state index contributed by atoms with van der Waals surface area (Å²) in [7, 11) is 0. The first-order valence-electron chi connectivity index (χ1n) is 7.97. The van der Waals surface area contributed by atoms with Gasteiger partial charge in [0.25, 0.3) is 5.91 Å². The summed E-state index contributed by atoms with van der Waals surface area (Å²) in [5, 5.41) is 3.15. The van der Waals surface area contributed by atoms with Crippen molar-refractivity contribution in [2.24, 2.45) is 0 Å². The number of thiazole rings is 1. The summed E-state index contributed by atoms with van der Waals surface area (Å²) in [5.41, 5.74) is 1.67. The van der Waals surface area contributed by atoms with Gasteiger partial charge in [0.05, 0.1) is 24.4 Å². The zero-order valence-corrected chi connectivity index (χ0v) is 15.7. The van der Waals surface area contributed by atoms with E-state index in [1.807, 2.05) is 35.4 Å². The smallest absolute Gasteiger partial charge is 0.413 e. The van der Waals surface area contributed by atoms with Crippen molar-refractivity contribution in [3.05, 3.63) is 40.4 Å². The molecule has 8 heteroatoms. The van der Waals surface area contributed by atoms with Gasteiger partial charge in [0, 0.05) is 22.7 Å². The Labute approximate surface area is 154 Å². The SMILES string of the molecule is CCOC(=O)Nc1nc2c(s1)CN(C(=O)c1ccccc1SC)CC2. The minimum atomic E-state index is -0.504. The Kier molecular flexibility index (Phi) is 5.60. The zero-order chi connectivity index (χ0) is 17.8. The molecule has 1 N–H and O–H groups in total. The molecule has 1 aliphatic rings. The Morgan fingerprint density at radius 2 is 2.20 bits per heavy atom. The number of aromatic nitrogens is 1. The van der Waals surface area contributed by atoms with Crippen LogP contribution in [-0.4, -0.2) is 41.3 Å². The number of benzene rings is 1. The monoisotopic (exact) mass is 377 g/mol. The molecule has 1 aromatic carbocycles. The molecule has 6 nitrogen and oxygen atoms in total. The first-order valence-corrected chi connectivity index (χ1v) is 10.0. The minimum Gasteiger partial charge on any atom is -0.450 e. The molecule has 2 heterocycles. The Morgan fingerprint density at radius 3 is 2.96 bits per heavy atom. The number of thioether (sulfide) groups is 1. The predicted molar refractivity (Wildman–Crippen MR) is 99.4 cm³/mol. The lowest BCUT2D eigenvalue weighted by Crippen LogP contribution is -2.35. The Bertz CT molecular complexity index is 791. The van der Waals surface area contributed by atoms with Crippen LogP contribution >= 0.6 is 23.1 Å². The van der Waals surface area contributed by atoms with E-state index in [1.54, 1.807) is 18.7 Å². The summed E-state index contributed by atoms with van der Waals surface area (Å²) in [6, 6.07) is 7.65. The van der Waals surface area contributed by atoms with Crippen molar-refractivity contribution in [3.63, 3.8) is 0 Å². The molecule has 132 valence electrons. The number of ether oxygens (including phenoxy) is 1. The maximum Gasteiger partial charge on any atom is 0.413 e. The molecule has 0 saturated carbocycles. The Balaban J connectivity index is 1.73. The number of nitrogens with one attached hydrogen (secondary N) is 1. The molecule has 0 saturated heterocycles. The topological polar surface area (TPSA) is 71.5 Å². The first kappa shape index (κ1) is 17.8. The van der Waals surface area contributed by atoms with Crippen molar-refractivity contribution in [2.75, 3.05) is 24.7 Å². The molecule has 0 bridgehead atoms. The summed E-state index contributed by atoms with van der Waals surface area (Å²) < 4.78 is 4.87. The molecule has 0 radical (unpaired) electrons. The van der Waals surface area contributed by atoms with E-state index in [-0.39, 0.29) is 5.91 Å². The van der Waals surface area contributed by atoms with Crippen molar-refractivity contribution in [3.8, 4) is 0 Å². The number of anilines is 1. The fraction of sp³-hybridized carbons (Fsp3) is 0.353. The van der Waals surface area contributed by atoms with Crippen molar-refractivity contribution in [1.82, 2.24) is 9.88 Å². The summed E-state index contributed by atoms with van der Waals surface area (Å²) in [6.07, 6.45) is 2.15. The maximum absolute atomic E-state index is 12.9. The summed E-state index contributed by atoms with van der Waals surface area (Å²) >= 11 is 2.96. The van der Waals surface area contributed by atoms with Gasteiger partial charge in [-0.1, -0.05) is 23.5 Å². The maximum atomic E-state index is 12.9. The van der Waals surface area contributed by atoms with E-state index < -0.39 is 6.09 Å². The second kappa shape index (κ2) is 7.88. The van der Waals surface area contributed by atoms with E-state index in [2.05, 4.69) is 10.3 Å². The molecular weight excluding hydrogens is 358 g/mol. The molecule has 0 spiro atoms. The largest absolute Gasteiger partial charge is 0.450 e. The van der Waals surface area contributed by atoms with E-state index in [1.165, 1.54) is 11.3 Å². The second-order valence-electron chi connectivity index (χ2n) is 5.41. The molecule has 2 aromatic rings. The van der Waals surface area contributed by atoms with Gasteiger partial charge < -0.3 is 9.64 Å². The molecule has 0 atom stereocenters. The number of rotatable bonds is 4. The molecule has 1 aromatic heterocycles. The van der Waals surface area contributed by atoms with Crippen LogP contribution in [0.3, 0.4) is 0 Å². The highest BCUT2D eigenvalue weighted by molar-refractivity contribution is 7.98. The van der Waals surface area contributed by atoms with E-state index in [0.29, 0.717) is 31.2 Å². The molecule has 0 unspecified atom stereocenters. The van der Waals surface area contributed by atoms with Gasteiger partial charge in [-0.2, -0.15) is 0 Å². The molecule has 25 heavy (non-hydrogen) atoms. The zero-order valence-electron chi connectivity index (χ0n) is 14.1. The van der Waals surface area contributed by atoms with Gasteiger partial charge in [-0.05, 0) is 25.3 Å².